The van der Waals surface area contributed by atoms with E-state index in [9.17, 15) is 13.5 Å². The minimum absolute atomic E-state index is 0.152. The predicted octanol–water partition coefficient (Wildman–Crippen LogP) is 3.47. The molecule has 3 rings (SSSR count). The molecule has 1 unspecified atom stereocenters. The van der Waals surface area contributed by atoms with Crippen LogP contribution in [0, 0.1) is 0 Å². The molecular weight excluding hydrogens is 374 g/mol. The maximum atomic E-state index is 13.4. The average Bonchev–Trinajstić information content (AvgIpc) is 2.81. The van der Waals surface area contributed by atoms with Crippen LogP contribution in [0.5, 0.6) is 5.75 Å². The van der Waals surface area contributed by atoms with Gasteiger partial charge in [0.25, 0.3) is 0 Å². The molecule has 1 heterocycles. The quantitative estimate of drug-likeness (QED) is 0.772. The van der Waals surface area contributed by atoms with E-state index in [0.29, 0.717) is 24.2 Å². The molecule has 0 saturated heterocycles. The van der Waals surface area contributed by atoms with Crippen molar-refractivity contribution in [2.75, 3.05) is 12.9 Å². The van der Waals surface area contributed by atoms with Gasteiger partial charge in [0.05, 0.1) is 35.4 Å². The molecule has 0 bridgehead atoms. The van der Waals surface area contributed by atoms with Gasteiger partial charge in [0.1, 0.15) is 5.75 Å². The number of aliphatic hydroxyl groups is 1. The fourth-order valence-corrected chi connectivity index (χ4v) is 6.22. The Kier molecular flexibility index (Phi) is 6.12. The first-order valence-corrected chi connectivity index (χ1v) is 11.4. The minimum Gasteiger partial charge on any atom is -0.497 e. The largest absolute Gasteiger partial charge is 0.497 e. The van der Waals surface area contributed by atoms with Crippen LogP contribution in [0.25, 0.3) is 0 Å². The Bertz CT molecular complexity index is 913. The van der Waals surface area contributed by atoms with E-state index in [-0.39, 0.29) is 16.7 Å². The lowest BCUT2D eigenvalue weighted by atomic mass is 9.85. The summed E-state index contributed by atoms with van der Waals surface area (Å²) in [6, 6.07) is 14.6. The number of benzene rings is 2. The number of sulfone groups is 1. The number of ether oxygens (including phenoxy) is 1. The van der Waals surface area contributed by atoms with Crippen molar-refractivity contribution in [3.63, 3.8) is 0 Å². The molecule has 0 saturated carbocycles. The van der Waals surface area contributed by atoms with E-state index in [4.69, 9.17) is 4.74 Å². The molecule has 6 heteroatoms. The first-order chi connectivity index (χ1) is 13.4. The zero-order valence-electron chi connectivity index (χ0n) is 16.7. The predicted molar refractivity (Wildman–Crippen MR) is 110 cm³/mol. The van der Waals surface area contributed by atoms with Crippen molar-refractivity contribution < 1.29 is 18.3 Å². The van der Waals surface area contributed by atoms with Crippen LogP contribution in [0.15, 0.2) is 53.4 Å². The van der Waals surface area contributed by atoms with Gasteiger partial charge in [-0.1, -0.05) is 56.7 Å². The highest BCUT2D eigenvalue weighted by molar-refractivity contribution is 7.91. The lowest BCUT2D eigenvalue weighted by Gasteiger charge is -2.39. The Morgan fingerprint density at radius 1 is 1.21 bits per heavy atom. The van der Waals surface area contributed by atoms with Gasteiger partial charge in [0.15, 0.2) is 9.84 Å². The van der Waals surface area contributed by atoms with Crippen LogP contribution in [0.2, 0.25) is 0 Å². The molecular formula is C22H29NO4S. The molecule has 152 valence electrons. The molecule has 0 aliphatic carbocycles. The number of nitrogens with one attached hydrogen (secondary N) is 1. The first kappa shape index (κ1) is 20.8. The summed E-state index contributed by atoms with van der Waals surface area (Å²) in [5.41, 5.74) is 0.722. The number of methoxy groups -OCH3 is 1. The van der Waals surface area contributed by atoms with E-state index in [1.54, 1.807) is 12.1 Å². The summed E-state index contributed by atoms with van der Waals surface area (Å²) in [4.78, 5) is 0.271. The van der Waals surface area contributed by atoms with Gasteiger partial charge < -0.3 is 9.84 Å². The summed E-state index contributed by atoms with van der Waals surface area (Å²) in [5, 5.41) is 14.5. The molecule has 0 aromatic heterocycles. The normalized spacial score (nSPS) is 24.8. The summed E-state index contributed by atoms with van der Waals surface area (Å²) in [6.45, 7) is 3.92. The van der Waals surface area contributed by atoms with Gasteiger partial charge in [-0.05, 0) is 36.1 Å². The molecule has 0 amide bonds. The monoisotopic (exact) mass is 403 g/mol. The topological polar surface area (TPSA) is 75.6 Å². The van der Waals surface area contributed by atoms with Crippen LogP contribution in [-0.2, 0) is 9.84 Å². The lowest BCUT2D eigenvalue weighted by molar-refractivity contribution is 0.0566. The summed E-state index contributed by atoms with van der Waals surface area (Å²) in [7, 11) is -2.11. The van der Waals surface area contributed by atoms with Crippen molar-refractivity contribution in [2.24, 2.45) is 0 Å². The Morgan fingerprint density at radius 3 is 2.54 bits per heavy atom. The third-order valence-electron chi connectivity index (χ3n) is 5.71. The van der Waals surface area contributed by atoms with Gasteiger partial charge in [-0.3, -0.25) is 5.32 Å². The van der Waals surface area contributed by atoms with E-state index in [1.807, 2.05) is 50.2 Å². The van der Waals surface area contributed by atoms with E-state index in [2.05, 4.69) is 5.32 Å². The van der Waals surface area contributed by atoms with Crippen LogP contribution in [0.4, 0.5) is 0 Å². The van der Waals surface area contributed by atoms with Crippen molar-refractivity contribution in [3.8, 4) is 5.75 Å². The molecule has 5 nitrogen and oxygen atoms in total. The number of hydrogen-bond donors (Lipinski definition) is 2. The lowest BCUT2D eigenvalue weighted by Crippen LogP contribution is -2.58. The Labute approximate surface area is 167 Å². The highest BCUT2D eigenvalue weighted by Gasteiger charge is 2.46. The fourth-order valence-electron chi connectivity index (χ4n) is 4.06. The van der Waals surface area contributed by atoms with Gasteiger partial charge in [-0.25, -0.2) is 8.42 Å². The summed E-state index contributed by atoms with van der Waals surface area (Å²) >= 11 is 0. The van der Waals surface area contributed by atoms with Gasteiger partial charge in [-0.2, -0.15) is 0 Å². The van der Waals surface area contributed by atoms with Crippen LogP contribution >= 0.6 is 0 Å². The molecule has 0 spiro atoms. The number of rotatable bonds is 6. The molecule has 28 heavy (non-hydrogen) atoms. The maximum absolute atomic E-state index is 13.4. The third kappa shape index (κ3) is 3.81. The molecule has 0 fully saturated rings. The first-order valence-electron chi connectivity index (χ1n) is 9.78. The minimum atomic E-state index is -3.64. The second-order valence-electron chi connectivity index (χ2n) is 7.47. The molecule has 2 aromatic rings. The molecule has 2 N–H and O–H groups in total. The second-order valence-corrected chi connectivity index (χ2v) is 9.42. The highest BCUT2D eigenvalue weighted by Crippen LogP contribution is 2.39. The summed E-state index contributed by atoms with van der Waals surface area (Å²) < 4.78 is 32.1. The van der Waals surface area contributed by atoms with Crippen molar-refractivity contribution >= 4 is 9.84 Å². The Balaban J connectivity index is 2.24. The summed E-state index contributed by atoms with van der Waals surface area (Å²) in [6.07, 6.45) is 1.06. The third-order valence-corrected chi connectivity index (χ3v) is 7.63. The van der Waals surface area contributed by atoms with Crippen molar-refractivity contribution in [1.82, 2.24) is 5.32 Å². The number of aliphatic hydroxyl groups excluding tert-OH is 1. The zero-order chi connectivity index (χ0) is 20.4. The number of fused-ring (bicyclic) bond motifs is 1. The average molecular weight is 404 g/mol. The Morgan fingerprint density at radius 2 is 1.93 bits per heavy atom. The van der Waals surface area contributed by atoms with Crippen LogP contribution in [-0.4, -0.2) is 38.0 Å². The van der Waals surface area contributed by atoms with Crippen LogP contribution in [0.1, 0.15) is 50.3 Å². The smallest absolute Gasteiger partial charge is 0.180 e. The van der Waals surface area contributed by atoms with Crippen LogP contribution in [0.3, 0.4) is 0 Å². The Hall–Kier alpha value is -1.89. The molecule has 3 atom stereocenters. The van der Waals surface area contributed by atoms with Gasteiger partial charge >= 0.3 is 0 Å². The standard InChI is InChI=1S/C22H29NO4S/c1-4-9-20(24)22(5-2)15-28(25,26)19-14-17(27-3)12-13-18(19)21(23-22)16-10-7-6-8-11-16/h6-8,10-14,20-21,23-24H,4-5,9,15H2,1-3H3/t20?,21-,22-/m1/s1. The highest BCUT2D eigenvalue weighted by atomic mass is 32.2. The van der Waals surface area contributed by atoms with E-state index in [1.165, 1.54) is 7.11 Å². The van der Waals surface area contributed by atoms with E-state index in [0.717, 1.165) is 12.0 Å². The number of hydrogen-bond acceptors (Lipinski definition) is 5. The van der Waals surface area contributed by atoms with Gasteiger partial charge in [-0.15, -0.1) is 0 Å². The van der Waals surface area contributed by atoms with Crippen molar-refractivity contribution in [1.29, 1.82) is 0 Å². The maximum Gasteiger partial charge on any atom is 0.180 e. The van der Waals surface area contributed by atoms with Gasteiger partial charge in [0, 0.05) is 0 Å². The second kappa shape index (κ2) is 8.23. The van der Waals surface area contributed by atoms with Crippen LogP contribution < -0.4 is 10.1 Å². The summed E-state index contributed by atoms with van der Waals surface area (Å²) in [5.74, 6) is 0.355. The molecule has 1 aliphatic heterocycles. The van der Waals surface area contributed by atoms with Crippen molar-refractivity contribution in [3.05, 3.63) is 59.7 Å². The molecule has 2 aromatic carbocycles. The van der Waals surface area contributed by atoms with Gasteiger partial charge in [0.2, 0.25) is 0 Å². The SMILES string of the molecule is CCCC(O)[C@@]1(CC)CS(=O)(=O)c2cc(OC)ccc2[C@@H](c2ccccc2)N1. The van der Waals surface area contributed by atoms with Crippen molar-refractivity contribution in [2.45, 2.75) is 55.7 Å². The van der Waals surface area contributed by atoms with E-state index >= 15 is 0 Å². The molecule has 1 aliphatic rings. The zero-order valence-corrected chi connectivity index (χ0v) is 17.5. The fraction of sp³-hybridized carbons (Fsp3) is 0.455. The van der Waals surface area contributed by atoms with E-state index < -0.39 is 21.5 Å². The molecule has 0 radical (unpaired) electrons.